The number of aromatic nitrogens is 1. The van der Waals surface area contributed by atoms with Gasteiger partial charge in [0, 0.05) is 17.1 Å². The van der Waals surface area contributed by atoms with Crippen molar-refractivity contribution in [3.05, 3.63) is 58.8 Å². The number of carbonyl (C=O) groups is 1. The lowest BCUT2D eigenvalue weighted by molar-refractivity contribution is -0.115. The number of hydrogen-bond acceptors (Lipinski definition) is 3. The molecule has 3 rings (SSSR count). The molecule has 20 heavy (non-hydrogen) atoms. The van der Waals surface area contributed by atoms with Gasteiger partial charge in [-0.15, -0.1) is 0 Å². The lowest BCUT2D eigenvalue weighted by atomic mass is 10.3. The first-order chi connectivity index (χ1) is 9.65. The Labute approximate surface area is 126 Å². The highest BCUT2D eigenvalue weighted by Crippen LogP contribution is 2.27. The third-order valence-corrected chi connectivity index (χ3v) is 4.20. The summed E-state index contributed by atoms with van der Waals surface area (Å²) in [5.41, 5.74) is 3.16. The Morgan fingerprint density at radius 3 is 2.60 bits per heavy atom. The van der Waals surface area contributed by atoms with E-state index in [0.29, 0.717) is 9.23 Å². The van der Waals surface area contributed by atoms with Crippen molar-refractivity contribution in [3.63, 3.8) is 0 Å². The van der Waals surface area contributed by atoms with E-state index in [4.69, 9.17) is 12.2 Å². The Hall–Kier alpha value is -1.85. The number of hydrogen-bond donors (Lipinski definition) is 1. The Morgan fingerprint density at radius 2 is 1.95 bits per heavy atom. The van der Waals surface area contributed by atoms with Crippen LogP contribution < -0.4 is 5.32 Å². The molecule has 1 N–H and O–H groups in total. The number of nitrogens with zero attached hydrogens (tertiary/aromatic N) is 1. The van der Waals surface area contributed by atoms with E-state index in [1.165, 1.54) is 11.8 Å². The topological polar surface area (TPSA) is 34.0 Å². The number of benzene rings is 1. The van der Waals surface area contributed by atoms with Gasteiger partial charge >= 0.3 is 0 Å². The third kappa shape index (κ3) is 2.42. The van der Waals surface area contributed by atoms with Gasteiger partial charge in [0.25, 0.3) is 5.91 Å². The fourth-order valence-corrected chi connectivity index (χ4v) is 3.19. The molecule has 2 aromatic rings. The molecule has 1 saturated heterocycles. The van der Waals surface area contributed by atoms with Gasteiger partial charge in [-0.05, 0) is 37.3 Å². The summed E-state index contributed by atoms with van der Waals surface area (Å²) in [6, 6.07) is 14.1. The highest BCUT2D eigenvalue weighted by atomic mass is 32.2. The fourth-order valence-electron chi connectivity index (χ4n) is 2.16. The van der Waals surface area contributed by atoms with Gasteiger partial charge in [-0.3, -0.25) is 4.79 Å². The Kier molecular flexibility index (Phi) is 3.46. The molecule has 0 atom stereocenters. The number of carbonyl (C=O) groups excluding carboxylic acids is 1. The van der Waals surface area contributed by atoms with Crippen LogP contribution in [0.4, 0.5) is 0 Å². The summed E-state index contributed by atoms with van der Waals surface area (Å²) < 4.78 is 2.62. The van der Waals surface area contributed by atoms with Crippen molar-refractivity contribution in [1.29, 1.82) is 0 Å². The second-order valence-corrected chi connectivity index (χ2v) is 6.14. The molecule has 0 aliphatic carbocycles. The second kappa shape index (κ2) is 5.26. The maximum atomic E-state index is 11.7. The minimum atomic E-state index is -0.126. The number of thioether (sulfide) groups is 1. The van der Waals surface area contributed by atoms with Gasteiger partial charge in [-0.25, -0.2) is 0 Å². The number of thiocarbonyl (C=S) groups is 1. The minimum Gasteiger partial charge on any atom is -0.314 e. The number of nitrogens with one attached hydrogen (secondary N) is 1. The lowest BCUT2D eigenvalue weighted by Crippen LogP contribution is -2.17. The van der Waals surface area contributed by atoms with E-state index in [1.807, 2.05) is 55.5 Å². The fraction of sp³-hybridized carbons (Fsp3) is 0.0667. The van der Waals surface area contributed by atoms with E-state index in [-0.39, 0.29) is 5.91 Å². The zero-order chi connectivity index (χ0) is 14.1. The number of rotatable bonds is 2. The molecular formula is C15H12N2OS2. The van der Waals surface area contributed by atoms with Gasteiger partial charge in [-0.1, -0.05) is 42.2 Å². The van der Waals surface area contributed by atoms with Crippen LogP contribution in [-0.4, -0.2) is 14.8 Å². The molecule has 1 aliphatic rings. The van der Waals surface area contributed by atoms with Crippen molar-refractivity contribution in [2.75, 3.05) is 0 Å². The quantitative estimate of drug-likeness (QED) is 0.683. The SMILES string of the molecule is Cc1ccc(/C=C2/SC(=S)NC2=O)n1-c1ccccc1. The van der Waals surface area contributed by atoms with Gasteiger partial charge in [0.05, 0.1) is 4.91 Å². The zero-order valence-electron chi connectivity index (χ0n) is 10.8. The first kappa shape index (κ1) is 13.1. The molecule has 1 aliphatic heterocycles. The Bertz CT molecular complexity index is 717. The lowest BCUT2D eigenvalue weighted by Gasteiger charge is -2.09. The molecule has 1 fully saturated rings. The van der Waals surface area contributed by atoms with Crippen molar-refractivity contribution >= 4 is 40.3 Å². The summed E-state index contributed by atoms with van der Waals surface area (Å²) in [5, 5.41) is 2.63. The molecule has 100 valence electrons. The molecule has 2 heterocycles. The van der Waals surface area contributed by atoms with Crippen molar-refractivity contribution < 1.29 is 4.79 Å². The van der Waals surface area contributed by atoms with E-state index < -0.39 is 0 Å². The summed E-state index contributed by atoms with van der Waals surface area (Å²) in [7, 11) is 0. The van der Waals surface area contributed by atoms with Crippen LogP contribution in [0.5, 0.6) is 0 Å². The highest BCUT2D eigenvalue weighted by molar-refractivity contribution is 8.26. The molecule has 0 saturated carbocycles. The van der Waals surface area contributed by atoms with E-state index >= 15 is 0 Å². The highest BCUT2D eigenvalue weighted by Gasteiger charge is 2.22. The number of para-hydroxylation sites is 1. The van der Waals surface area contributed by atoms with Crippen LogP contribution in [0.2, 0.25) is 0 Å². The van der Waals surface area contributed by atoms with Crippen LogP contribution in [0.25, 0.3) is 11.8 Å². The maximum absolute atomic E-state index is 11.7. The van der Waals surface area contributed by atoms with Crippen LogP contribution in [0, 0.1) is 6.92 Å². The first-order valence-corrected chi connectivity index (χ1v) is 7.36. The molecule has 0 bridgehead atoms. The summed E-state index contributed by atoms with van der Waals surface area (Å²) in [6.07, 6.45) is 1.87. The Balaban J connectivity index is 2.06. The summed E-state index contributed by atoms with van der Waals surface area (Å²) in [6.45, 7) is 2.04. The van der Waals surface area contributed by atoms with Crippen LogP contribution in [-0.2, 0) is 4.79 Å². The van der Waals surface area contributed by atoms with Gasteiger partial charge in [0.1, 0.15) is 4.32 Å². The van der Waals surface area contributed by atoms with Crippen LogP contribution in [0.15, 0.2) is 47.4 Å². The average Bonchev–Trinajstić information content (AvgIpc) is 2.94. The predicted octanol–water partition coefficient (Wildman–Crippen LogP) is 3.27. The standard InChI is InChI=1S/C15H12N2OS2/c1-10-7-8-12(9-13-14(18)16-15(19)20-13)17(10)11-5-3-2-4-6-11/h2-9H,1H3,(H,16,18,19)/b13-9+. The second-order valence-electron chi connectivity index (χ2n) is 4.42. The third-order valence-electron chi connectivity index (χ3n) is 3.04. The van der Waals surface area contributed by atoms with Crippen molar-refractivity contribution in [1.82, 2.24) is 9.88 Å². The maximum Gasteiger partial charge on any atom is 0.263 e. The van der Waals surface area contributed by atoms with E-state index in [9.17, 15) is 4.79 Å². The molecule has 0 radical (unpaired) electrons. The van der Waals surface area contributed by atoms with Crippen LogP contribution in [0.3, 0.4) is 0 Å². The molecule has 1 amide bonds. The van der Waals surface area contributed by atoms with Crippen molar-refractivity contribution in [2.24, 2.45) is 0 Å². The largest absolute Gasteiger partial charge is 0.314 e. The van der Waals surface area contributed by atoms with Crippen molar-refractivity contribution in [2.45, 2.75) is 6.92 Å². The molecule has 1 aromatic carbocycles. The van der Waals surface area contributed by atoms with Crippen molar-refractivity contribution in [3.8, 4) is 5.69 Å². The van der Waals surface area contributed by atoms with E-state index in [1.54, 1.807) is 0 Å². The Morgan fingerprint density at radius 1 is 1.20 bits per heavy atom. The van der Waals surface area contributed by atoms with Crippen LogP contribution in [0.1, 0.15) is 11.4 Å². The molecular weight excluding hydrogens is 288 g/mol. The molecule has 0 spiro atoms. The van der Waals surface area contributed by atoms with E-state index in [2.05, 4.69) is 9.88 Å². The first-order valence-electron chi connectivity index (χ1n) is 6.14. The van der Waals surface area contributed by atoms with Crippen LogP contribution >= 0.6 is 24.0 Å². The molecule has 0 unspecified atom stereocenters. The van der Waals surface area contributed by atoms with Gasteiger partial charge in [0.2, 0.25) is 0 Å². The minimum absolute atomic E-state index is 0.126. The zero-order valence-corrected chi connectivity index (χ0v) is 12.4. The number of amides is 1. The smallest absolute Gasteiger partial charge is 0.263 e. The molecule has 1 aromatic heterocycles. The summed E-state index contributed by atoms with van der Waals surface area (Å²) in [4.78, 5) is 12.4. The normalized spacial score (nSPS) is 16.8. The predicted molar refractivity (Wildman–Crippen MR) is 86.8 cm³/mol. The van der Waals surface area contributed by atoms with E-state index in [0.717, 1.165) is 17.1 Å². The van der Waals surface area contributed by atoms with Gasteiger partial charge in [0.15, 0.2) is 0 Å². The van der Waals surface area contributed by atoms with Gasteiger partial charge in [-0.2, -0.15) is 0 Å². The summed E-state index contributed by atoms with van der Waals surface area (Å²) in [5.74, 6) is -0.126. The van der Waals surface area contributed by atoms with Gasteiger partial charge < -0.3 is 9.88 Å². The average molecular weight is 300 g/mol. The molecule has 5 heteroatoms. The number of aryl methyl sites for hydroxylation is 1. The monoisotopic (exact) mass is 300 g/mol. The molecule has 3 nitrogen and oxygen atoms in total. The summed E-state index contributed by atoms with van der Waals surface area (Å²) >= 11 is 6.30.